The molecule has 0 aliphatic rings. The molecule has 15 heavy (non-hydrogen) atoms. The van der Waals surface area contributed by atoms with Gasteiger partial charge in [-0.3, -0.25) is 0 Å². The van der Waals surface area contributed by atoms with E-state index in [1.54, 1.807) is 0 Å². The first-order valence-corrected chi connectivity index (χ1v) is 5.94. The van der Waals surface area contributed by atoms with Gasteiger partial charge in [-0.05, 0) is 31.2 Å². The van der Waals surface area contributed by atoms with Crippen molar-refractivity contribution in [3.05, 3.63) is 35.4 Å². The minimum Gasteiger partial charge on any atom is -0.327 e. The highest BCUT2D eigenvalue weighted by Gasteiger charge is 2.12. The third-order valence-electron chi connectivity index (χ3n) is 3.03. The molecule has 0 aliphatic carbocycles. The highest BCUT2D eigenvalue weighted by Crippen LogP contribution is 2.14. The van der Waals surface area contributed by atoms with Crippen LogP contribution in [0, 0.1) is 12.8 Å². The van der Waals surface area contributed by atoms with E-state index < -0.39 is 0 Å². The third-order valence-corrected chi connectivity index (χ3v) is 3.03. The van der Waals surface area contributed by atoms with Crippen molar-refractivity contribution in [2.24, 2.45) is 11.7 Å². The van der Waals surface area contributed by atoms with Crippen LogP contribution in [-0.2, 0) is 6.42 Å². The van der Waals surface area contributed by atoms with Gasteiger partial charge in [0.2, 0.25) is 0 Å². The highest BCUT2D eigenvalue weighted by molar-refractivity contribution is 5.23. The van der Waals surface area contributed by atoms with Crippen LogP contribution in [0.1, 0.15) is 37.8 Å². The topological polar surface area (TPSA) is 26.0 Å². The van der Waals surface area contributed by atoms with Crippen LogP contribution in [0.25, 0.3) is 0 Å². The van der Waals surface area contributed by atoms with E-state index in [0.717, 1.165) is 6.42 Å². The Balaban J connectivity index is 2.54. The minimum absolute atomic E-state index is 0.298. The van der Waals surface area contributed by atoms with Gasteiger partial charge in [0.1, 0.15) is 0 Å². The molecular weight excluding hydrogens is 182 g/mol. The smallest absolute Gasteiger partial charge is 0.0105 e. The van der Waals surface area contributed by atoms with Crippen LogP contribution in [0.2, 0.25) is 0 Å². The normalized spacial score (nSPS) is 14.9. The van der Waals surface area contributed by atoms with Crippen LogP contribution in [0.5, 0.6) is 0 Å². The Labute approximate surface area is 93.7 Å². The molecule has 2 N–H and O–H groups in total. The number of hydrogen-bond donors (Lipinski definition) is 1. The molecule has 0 aliphatic heterocycles. The Morgan fingerprint density at radius 1 is 1.33 bits per heavy atom. The summed E-state index contributed by atoms with van der Waals surface area (Å²) >= 11 is 0. The zero-order valence-electron chi connectivity index (χ0n) is 10.2. The van der Waals surface area contributed by atoms with Gasteiger partial charge < -0.3 is 5.73 Å². The number of benzene rings is 1. The summed E-state index contributed by atoms with van der Waals surface area (Å²) in [5.74, 6) is 0.621. The van der Waals surface area contributed by atoms with Gasteiger partial charge in [0.25, 0.3) is 0 Å². The monoisotopic (exact) mass is 205 g/mol. The lowest BCUT2D eigenvalue weighted by Crippen LogP contribution is -2.30. The Kier molecular flexibility index (Phi) is 4.83. The van der Waals surface area contributed by atoms with Crippen molar-refractivity contribution in [1.29, 1.82) is 0 Å². The van der Waals surface area contributed by atoms with E-state index in [-0.39, 0.29) is 0 Å². The van der Waals surface area contributed by atoms with Crippen molar-refractivity contribution in [3.63, 3.8) is 0 Å². The van der Waals surface area contributed by atoms with Crippen molar-refractivity contribution >= 4 is 0 Å². The zero-order valence-corrected chi connectivity index (χ0v) is 10.2. The molecule has 0 saturated heterocycles. The van der Waals surface area contributed by atoms with E-state index in [9.17, 15) is 0 Å². The van der Waals surface area contributed by atoms with E-state index in [0.29, 0.717) is 12.0 Å². The number of hydrogen-bond acceptors (Lipinski definition) is 1. The van der Waals surface area contributed by atoms with E-state index in [1.165, 1.54) is 24.0 Å². The zero-order chi connectivity index (χ0) is 11.3. The molecule has 84 valence electrons. The lowest BCUT2D eigenvalue weighted by Gasteiger charge is -2.19. The van der Waals surface area contributed by atoms with Crippen LogP contribution < -0.4 is 5.73 Å². The molecule has 0 heterocycles. The first kappa shape index (κ1) is 12.3. The van der Waals surface area contributed by atoms with Gasteiger partial charge in [0.05, 0.1) is 0 Å². The van der Waals surface area contributed by atoms with Gasteiger partial charge in [-0.2, -0.15) is 0 Å². The maximum absolute atomic E-state index is 6.19. The molecule has 1 rings (SSSR count). The maximum atomic E-state index is 6.19. The van der Waals surface area contributed by atoms with Crippen molar-refractivity contribution in [1.82, 2.24) is 0 Å². The highest BCUT2D eigenvalue weighted by atomic mass is 14.6. The molecule has 0 spiro atoms. The molecule has 0 bridgehead atoms. The summed E-state index contributed by atoms with van der Waals surface area (Å²) in [6.07, 6.45) is 3.46. The van der Waals surface area contributed by atoms with Crippen LogP contribution in [0.15, 0.2) is 24.3 Å². The summed E-state index contributed by atoms with van der Waals surface area (Å²) in [5, 5.41) is 0. The summed E-state index contributed by atoms with van der Waals surface area (Å²) in [7, 11) is 0. The third kappa shape index (κ3) is 4.05. The van der Waals surface area contributed by atoms with Gasteiger partial charge in [0.15, 0.2) is 0 Å². The number of rotatable bonds is 5. The molecule has 1 aromatic carbocycles. The second-order valence-electron chi connectivity index (χ2n) is 4.62. The summed E-state index contributed by atoms with van der Waals surface area (Å²) in [6, 6.07) is 8.95. The average Bonchev–Trinajstić information content (AvgIpc) is 2.18. The van der Waals surface area contributed by atoms with Crippen LogP contribution >= 0.6 is 0 Å². The predicted octanol–water partition coefficient (Wildman–Crippen LogP) is 3.30. The Morgan fingerprint density at radius 2 is 2.07 bits per heavy atom. The first-order valence-electron chi connectivity index (χ1n) is 5.94. The van der Waals surface area contributed by atoms with Crippen LogP contribution in [-0.4, -0.2) is 6.04 Å². The molecule has 1 nitrogen and oxygen atoms in total. The predicted molar refractivity (Wildman–Crippen MR) is 66.9 cm³/mol. The lowest BCUT2D eigenvalue weighted by atomic mass is 9.92. The second-order valence-corrected chi connectivity index (χ2v) is 4.62. The fourth-order valence-electron chi connectivity index (χ4n) is 1.98. The van der Waals surface area contributed by atoms with Gasteiger partial charge in [0, 0.05) is 6.04 Å². The van der Waals surface area contributed by atoms with Crippen LogP contribution in [0.3, 0.4) is 0 Å². The van der Waals surface area contributed by atoms with Crippen molar-refractivity contribution in [2.45, 2.75) is 46.1 Å². The molecular formula is C14H23N. The quantitative estimate of drug-likeness (QED) is 0.784. The van der Waals surface area contributed by atoms with Crippen molar-refractivity contribution in [2.75, 3.05) is 0 Å². The van der Waals surface area contributed by atoms with Gasteiger partial charge in [-0.25, -0.2) is 0 Å². The summed E-state index contributed by atoms with van der Waals surface area (Å²) < 4.78 is 0. The Bertz CT molecular complexity index is 293. The lowest BCUT2D eigenvalue weighted by molar-refractivity contribution is 0.420. The molecule has 1 aromatic rings. The fourth-order valence-corrected chi connectivity index (χ4v) is 1.98. The van der Waals surface area contributed by atoms with E-state index in [1.807, 2.05) is 0 Å². The summed E-state index contributed by atoms with van der Waals surface area (Å²) in [4.78, 5) is 0. The SMILES string of the molecule is CCCC(C)C(N)Cc1cccc(C)c1. The van der Waals surface area contributed by atoms with Gasteiger partial charge in [-0.15, -0.1) is 0 Å². The van der Waals surface area contributed by atoms with E-state index in [4.69, 9.17) is 5.73 Å². The number of aryl methyl sites for hydroxylation is 1. The molecule has 0 radical (unpaired) electrons. The largest absolute Gasteiger partial charge is 0.327 e. The Hall–Kier alpha value is -0.820. The minimum atomic E-state index is 0.298. The molecule has 0 amide bonds. The average molecular weight is 205 g/mol. The van der Waals surface area contributed by atoms with E-state index >= 15 is 0 Å². The van der Waals surface area contributed by atoms with Crippen LogP contribution in [0.4, 0.5) is 0 Å². The summed E-state index contributed by atoms with van der Waals surface area (Å²) in [5.41, 5.74) is 8.87. The van der Waals surface area contributed by atoms with E-state index in [2.05, 4.69) is 45.0 Å². The molecule has 0 fully saturated rings. The maximum Gasteiger partial charge on any atom is 0.0105 e. The molecule has 0 saturated carbocycles. The van der Waals surface area contributed by atoms with Crippen molar-refractivity contribution < 1.29 is 0 Å². The molecule has 2 atom stereocenters. The van der Waals surface area contributed by atoms with Gasteiger partial charge in [-0.1, -0.05) is 50.1 Å². The molecule has 1 heteroatoms. The summed E-state index contributed by atoms with van der Waals surface area (Å²) in [6.45, 7) is 6.60. The standard InChI is InChI=1S/C14H23N/c1-4-6-12(3)14(15)10-13-8-5-7-11(2)9-13/h5,7-9,12,14H,4,6,10,15H2,1-3H3. The van der Waals surface area contributed by atoms with Crippen molar-refractivity contribution in [3.8, 4) is 0 Å². The number of nitrogens with two attached hydrogens (primary N) is 1. The molecule has 2 unspecified atom stereocenters. The first-order chi connectivity index (χ1) is 7.13. The molecule has 0 aromatic heterocycles. The fraction of sp³-hybridized carbons (Fsp3) is 0.571. The Morgan fingerprint density at radius 3 is 2.67 bits per heavy atom. The van der Waals surface area contributed by atoms with Gasteiger partial charge >= 0.3 is 0 Å². The second kappa shape index (κ2) is 5.92.